The van der Waals surface area contributed by atoms with Crippen LogP contribution < -0.4 is 5.73 Å². The summed E-state index contributed by atoms with van der Waals surface area (Å²) in [6, 6.07) is -0.116. The summed E-state index contributed by atoms with van der Waals surface area (Å²) < 4.78 is 5.23. The summed E-state index contributed by atoms with van der Waals surface area (Å²) in [7, 11) is 0. The van der Waals surface area contributed by atoms with Crippen LogP contribution in [0, 0.1) is 0 Å². The molecule has 1 aliphatic rings. The number of hydrogen-bond donors (Lipinski definition) is 1. The topological polar surface area (TPSA) is 64.9 Å². The number of thioether (sulfide) groups is 2. The summed E-state index contributed by atoms with van der Waals surface area (Å²) in [4.78, 5) is 4.39. The Labute approximate surface area is 117 Å². The van der Waals surface area contributed by atoms with Crippen LogP contribution in [0.3, 0.4) is 0 Å². The zero-order chi connectivity index (χ0) is 12.8. The number of rotatable bonds is 7. The lowest BCUT2D eigenvalue weighted by Gasteiger charge is -2.05. The monoisotopic (exact) mass is 287 g/mol. The summed E-state index contributed by atoms with van der Waals surface area (Å²) in [5.41, 5.74) is 6.00. The first-order valence-corrected chi connectivity index (χ1v) is 8.92. The van der Waals surface area contributed by atoms with Crippen LogP contribution in [0.15, 0.2) is 4.52 Å². The number of hydrogen-bond acceptors (Lipinski definition) is 6. The van der Waals surface area contributed by atoms with Crippen molar-refractivity contribution in [2.24, 2.45) is 5.73 Å². The Bertz CT molecular complexity index is 353. The summed E-state index contributed by atoms with van der Waals surface area (Å²) in [6.45, 7) is 0. The van der Waals surface area contributed by atoms with E-state index in [2.05, 4.69) is 16.4 Å². The lowest BCUT2D eigenvalue weighted by atomic mass is 10.2. The van der Waals surface area contributed by atoms with Gasteiger partial charge in [0.2, 0.25) is 5.89 Å². The van der Waals surface area contributed by atoms with Crippen LogP contribution in [0.1, 0.15) is 49.9 Å². The van der Waals surface area contributed by atoms with Crippen molar-refractivity contribution in [3.63, 3.8) is 0 Å². The molecule has 1 saturated carbocycles. The first-order chi connectivity index (χ1) is 8.79. The Kier molecular flexibility index (Phi) is 5.85. The van der Waals surface area contributed by atoms with Crippen molar-refractivity contribution in [1.82, 2.24) is 10.1 Å². The quantitative estimate of drug-likeness (QED) is 0.831. The third-order valence-electron chi connectivity index (χ3n) is 3.18. The molecule has 6 heteroatoms. The average molecular weight is 287 g/mol. The molecule has 2 rings (SSSR count). The van der Waals surface area contributed by atoms with Crippen molar-refractivity contribution in [3.8, 4) is 0 Å². The predicted octanol–water partition coefficient (Wildman–Crippen LogP) is 3.00. The van der Waals surface area contributed by atoms with Gasteiger partial charge in [-0.05, 0) is 31.3 Å². The molecule has 18 heavy (non-hydrogen) atoms. The molecule has 1 aliphatic carbocycles. The minimum Gasteiger partial charge on any atom is -0.338 e. The summed E-state index contributed by atoms with van der Waals surface area (Å²) in [5.74, 6) is 3.26. The van der Waals surface area contributed by atoms with Crippen molar-refractivity contribution in [2.75, 3.05) is 12.0 Å². The molecule has 2 N–H and O–H groups in total. The van der Waals surface area contributed by atoms with E-state index in [0.717, 1.165) is 29.0 Å². The van der Waals surface area contributed by atoms with Crippen LogP contribution in [0.4, 0.5) is 0 Å². The van der Waals surface area contributed by atoms with Gasteiger partial charge in [0, 0.05) is 5.25 Å². The fraction of sp³-hybridized carbons (Fsp3) is 0.833. The molecule has 1 atom stereocenters. The van der Waals surface area contributed by atoms with Crippen LogP contribution in [0.25, 0.3) is 0 Å². The largest absolute Gasteiger partial charge is 0.338 e. The van der Waals surface area contributed by atoms with Crippen molar-refractivity contribution < 1.29 is 4.52 Å². The highest BCUT2D eigenvalue weighted by Crippen LogP contribution is 2.31. The van der Waals surface area contributed by atoms with E-state index >= 15 is 0 Å². The predicted molar refractivity (Wildman–Crippen MR) is 77.8 cm³/mol. The van der Waals surface area contributed by atoms with Crippen LogP contribution in [-0.4, -0.2) is 27.4 Å². The van der Waals surface area contributed by atoms with Crippen molar-refractivity contribution in [2.45, 2.75) is 49.1 Å². The van der Waals surface area contributed by atoms with Crippen molar-refractivity contribution in [3.05, 3.63) is 11.7 Å². The molecular weight excluding hydrogens is 266 g/mol. The van der Waals surface area contributed by atoms with Crippen LogP contribution in [0.5, 0.6) is 0 Å². The highest BCUT2D eigenvalue weighted by molar-refractivity contribution is 7.99. The zero-order valence-electron chi connectivity index (χ0n) is 10.8. The molecule has 0 aliphatic heterocycles. The van der Waals surface area contributed by atoms with Gasteiger partial charge in [-0.3, -0.25) is 0 Å². The third-order valence-corrected chi connectivity index (χ3v) is 5.20. The molecule has 0 unspecified atom stereocenters. The van der Waals surface area contributed by atoms with Crippen molar-refractivity contribution in [1.29, 1.82) is 0 Å². The second-order valence-electron chi connectivity index (χ2n) is 4.65. The van der Waals surface area contributed by atoms with E-state index in [0.29, 0.717) is 5.89 Å². The van der Waals surface area contributed by atoms with E-state index < -0.39 is 0 Å². The second-order valence-corrected chi connectivity index (χ2v) is 6.93. The molecule has 1 heterocycles. The lowest BCUT2D eigenvalue weighted by molar-refractivity contribution is 0.350. The molecule has 102 valence electrons. The Morgan fingerprint density at radius 1 is 1.44 bits per heavy atom. The Balaban J connectivity index is 1.77. The highest BCUT2D eigenvalue weighted by atomic mass is 32.2. The third kappa shape index (κ3) is 4.17. The van der Waals surface area contributed by atoms with Gasteiger partial charge in [0.15, 0.2) is 5.82 Å². The SMILES string of the molecule is CSCC[C@H](N)c1nc(CSC2CCCC2)no1. The molecule has 1 aromatic rings. The average Bonchev–Trinajstić information content (AvgIpc) is 3.04. The summed E-state index contributed by atoms with van der Waals surface area (Å²) >= 11 is 3.73. The zero-order valence-corrected chi connectivity index (χ0v) is 12.4. The van der Waals surface area contributed by atoms with Gasteiger partial charge in [0.05, 0.1) is 11.8 Å². The van der Waals surface area contributed by atoms with E-state index in [1.807, 2.05) is 11.8 Å². The maximum atomic E-state index is 6.00. The molecule has 4 nitrogen and oxygen atoms in total. The molecule has 1 aromatic heterocycles. The van der Waals surface area contributed by atoms with Gasteiger partial charge in [0.1, 0.15) is 0 Å². The molecule has 0 amide bonds. The lowest BCUT2D eigenvalue weighted by Crippen LogP contribution is -2.11. The fourth-order valence-corrected chi connectivity index (χ4v) is 3.75. The molecule has 0 radical (unpaired) electrons. The van der Waals surface area contributed by atoms with Gasteiger partial charge in [-0.25, -0.2) is 0 Å². The van der Waals surface area contributed by atoms with Crippen LogP contribution >= 0.6 is 23.5 Å². The van der Waals surface area contributed by atoms with Gasteiger partial charge in [-0.1, -0.05) is 18.0 Å². The number of nitrogens with zero attached hydrogens (tertiary/aromatic N) is 2. The van der Waals surface area contributed by atoms with Gasteiger partial charge in [-0.2, -0.15) is 28.5 Å². The molecule has 0 bridgehead atoms. The second kappa shape index (κ2) is 7.40. The maximum absolute atomic E-state index is 6.00. The number of aromatic nitrogens is 2. The molecule has 1 fully saturated rings. The van der Waals surface area contributed by atoms with E-state index in [1.165, 1.54) is 25.7 Å². The first-order valence-electron chi connectivity index (χ1n) is 6.48. The minimum absolute atomic E-state index is 0.116. The van der Waals surface area contributed by atoms with Gasteiger partial charge in [-0.15, -0.1) is 0 Å². The fourth-order valence-electron chi connectivity index (χ4n) is 2.09. The van der Waals surface area contributed by atoms with Gasteiger partial charge < -0.3 is 10.3 Å². The molecule has 0 spiro atoms. The Hall–Kier alpha value is -0.200. The molecular formula is C12H21N3OS2. The van der Waals surface area contributed by atoms with Crippen LogP contribution in [-0.2, 0) is 5.75 Å². The Morgan fingerprint density at radius 2 is 2.22 bits per heavy atom. The van der Waals surface area contributed by atoms with E-state index in [9.17, 15) is 0 Å². The van der Waals surface area contributed by atoms with E-state index in [1.54, 1.807) is 11.8 Å². The molecule has 0 aromatic carbocycles. The van der Waals surface area contributed by atoms with Crippen LogP contribution in [0.2, 0.25) is 0 Å². The highest BCUT2D eigenvalue weighted by Gasteiger charge is 2.18. The normalized spacial score (nSPS) is 18.3. The van der Waals surface area contributed by atoms with E-state index in [4.69, 9.17) is 10.3 Å². The van der Waals surface area contributed by atoms with Gasteiger partial charge in [0.25, 0.3) is 0 Å². The standard InChI is InChI=1S/C12H21N3OS2/c1-17-7-6-10(13)12-14-11(15-16-12)8-18-9-4-2-3-5-9/h9-10H,2-8,13H2,1H3/t10-/m0/s1. The van der Waals surface area contributed by atoms with Crippen molar-refractivity contribution >= 4 is 23.5 Å². The first kappa shape index (κ1) is 14.2. The smallest absolute Gasteiger partial charge is 0.243 e. The summed E-state index contributed by atoms with van der Waals surface area (Å²) in [6.07, 6.45) is 8.37. The number of nitrogens with two attached hydrogens (primary N) is 1. The van der Waals surface area contributed by atoms with E-state index in [-0.39, 0.29) is 6.04 Å². The maximum Gasteiger partial charge on any atom is 0.243 e. The minimum atomic E-state index is -0.116. The van der Waals surface area contributed by atoms with Gasteiger partial charge >= 0.3 is 0 Å². The summed E-state index contributed by atoms with van der Waals surface area (Å²) in [5, 5.41) is 4.80. The molecule has 0 saturated heterocycles. The Morgan fingerprint density at radius 3 is 2.94 bits per heavy atom.